The number of hydrogen-bond acceptors (Lipinski definition) is 5. The van der Waals surface area contributed by atoms with Gasteiger partial charge in [-0.2, -0.15) is 0 Å². The summed E-state index contributed by atoms with van der Waals surface area (Å²) in [6, 6.07) is 0. The maximum Gasteiger partial charge on any atom is 0.341 e. The van der Waals surface area contributed by atoms with Crippen LogP contribution in [0.4, 0.5) is 5.00 Å². The lowest BCUT2D eigenvalue weighted by molar-refractivity contribution is -0.124. The topological polar surface area (TPSA) is 64.6 Å². The summed E-state index contributed by atoms with van der Waals surface area (Å²) < 4.78 is 10.3. The molecule has 0 radical (unpaired) electrons. The number of thiophene rings is 1. The quantitative estimate of drug-likeness (QED) is 0.686. The molecular formula is C16H21NO4S. The van der Waals surface area contributed by atoms with E-state index in [4.69, 9.17) is 9.47 Å². The van der Waals surface area contributed by atoms with E-state index in [1.807, 2.05) is 0 Å². The van der Waals surface area contributed by atoms with Gasteiger partial charge in [0.1, 0.15) is 11.1 Å². The first-order valence-corrected chi connectivity index (χ1v) is 8.67. The van der Waals surface area contributed by atoms with Gasteiger partial charge in [0.25, 0.3) is 5.91 Å². The highest BCUT2D eigenvalue weighted by atomic mass is 32.1. The zero-order chi connectivity index (χ0) is 15.5. The Morgan fingerprint density at radius 3 is 2.77 bits per heavy atom. The molecule has 1 aliphatic carbocycles. The minimum absolute atomic E-state index is 0.154. The van der Waals surface area contributed by atoms with E-state index >= 15 is 0 Å². The van der Waals surface area contributed by atoms with Gasteiger partial charge in [-0.1, -0.05) is 6.42 Å². The molecule has 0 bridgehead atoms. The molecule has 2 heterocycles. The van der Waals surface area contributed by atoms with E-state index in [0.717, 1.165) is 44.1 Å². The van der Waals surface area contributed by atoms with Gasteiger partial charge in [-0.15, -0.1) is 11.3 Å². The first kappa shape index (κ1) is 15.5. The Morgan fingerprint density at radius 1 is 1.23 bits per heavy atom. The van der Waals surface area contributed by atoms with E-state index in [1.165, 1.54) is 29.7 Å². The zero-order valence-electron chi connectivity index (χ0n) is 12.8. The normalized spacial score (nSPS) is 21.0. The molecule has 120 valence electrons. The lowest BCUT2D eigenvalue weighted by atomic mass is 10.1. The molecule has 1 amide bonds. The summed E-state index contributed by atoms with van der Waals surface area (Å²) in [5.74, 6) is -0.513. The Bertz CT molecular complexity index is 575. The predicted molar refractivity (Wildman–Crippen MR) is 84.5 cm³/mol. The van der Waals surface area contributed by atoms with Crippen LogP contribution in [0.2, 0.25) is 0 Å². The van der Waals surface area contributed by atoms with Gasteiger partial charge in [0.05, 0.1) is 12.7 Å². The van der Waals surface area contributed by atoms with Gasteiger partial charge in [0.2, 0.25) is 0 Å². The van der Waals surface area contributed by atoms with E-state index in [1.54, 1.807) is 0 Å². The first-order valence-electron chi connectivity index (χ1n) is 7.86. The third-order valence-electron chi connectivity index (χ3n) is 4.27. The van der Waals surface area contributed by atoms with Gasteiger partial charge in [-0.05, 0) is 44.1 Å². The van der Waals surface area contributed by atoms with Crippen LogP contribution in [0.3, 0.4) is 0 Å². The van der Waals surface area contributed by atoms with Crippen LogP contribution in [0.25, 0.3) is 0 Å². The van der Waals surface area contributed by atoms with Crippen LogP contribution in [-0.4, -0.2) is 31.7 Å². The third kappa shape index (κ3) is 3.03. The molecule has 1 fully saturated rings. The highest BCUT2D eigenvalue weighted by Crippen LogP contribution is 2.38. The largest absolute Gasteiger partial charge is 0.465 e. The maximum atomic E-state index is 12.3. The fourth-order valence-corrected chi connectivity index (χ4v) is 4.41. The number of carbonyl (C=O) groups excluding carboxylic acids is 2. The molecule has 0 spiro atoms. The molecule has 0 saturated carbocycles. The van der Waals surface area contributed by atoms with Crippen molar-refractivity contribution in [2.24, 2.45) is 0 Å². The SMILES string of the molecule is COC(=O)c1c(NC(=O)C2CCCO2)sc2c1CCCCC2. The van der Waals surface area contributed by atoms with Gasteiger partial charge in [-0.25, -0.2) is 4.79 Å². The van der Waals surface area contributed by atoms with Gasteiger partial charge < -0.3 is 14.8 Å². The monoisotopic (exact) mass is 323 g/mol. The van der Waals surface area contributed by atoms with Crippen molar-refractivity contribution in [2.75, 3.05) is 19.0 Å². The second-order valence-corrected chi connectivity index (χ2v) is 6.86. The molecule has 1 aromatic rings. The van der Waals surface area contributed by atoms with Gasteiger partial charge in [0.15, 0.2) is 0 Å². The predicted octanol–water partition coefficient (Wildman–Crippen LogP) is 2.92. The number of methoxy groups -OCH3 is 1. The number of carbonyl (C=O) groups is 2. The van der Waals surface area contributed by atoms with Crippen molar-refractivity contribution in [3.63, 3.8) is 0 Å². The molecule has 1 aromatic heterocycles. The molecule has 1 aliphatic heterocycles. The van der Waals surface area contributed by atoms with Crippen molar-refractivity contribution >= 4 is 28.2 Å². The number of esters is 1. The molecule has 22 heavy (non-hydrogen) atoms. The summed E-state index contributed by atoms with van der Waals surface area (Å²) in [6.07, 6.45) is 6.49. The van der Waals surface area contributed by atoms with E-state index in [-0.39, 0.29) is 11.9 Å². The number of rotatable bonds is 3. The van der Waals surface area contributed by atoms with Gasteiger partial charge in [-0.3, -0.25) is 4.79 Å². The van der Waals surface area contributed by atoms with Crippen molar-refractivity contribution in [3.8, 4) is 0 Å². The number of nitrogens with one attached hydrogen (secondary N) is 1. The smallest absolute Gasteiger partial charge is 0.341 e. The average Bonchev–Trinajstić information content (AvgIpc) is 3.10. The molecule has 1 atom stereocenters. The van der Waals surface area contributed by atoms with Crippen molar-refractivity contribution < 1.29 is 19.1 Å². The van der Waals surface area contributed by atoms with Crippen LogP contribution in [-0.2, 0) is 27.1 Å². The fraction of sp³-hybridized carbons (Fsp3) is 0.625. The van der Waals surface area contributed by atoms with Crippen LogP contribution >= 0.6 is 11.3 Å². The number of anilines is 1. The molecule has 0 aromatic carbocycles. The number of aryl methyl sites for hydroxylation is 1. The van der Waals surface area contributed by atoms with Crippen molar-refractivity contribution in [1.29, 1.82) is 0 Å². The Kier molecular flexibility index (Phi) is 4.78. The minimum atomic E-state index is -0.396. The standard InChI is InChI=1S/C16H21NO4S/c1-20-16(19)13-10-6-3-2-4-8-12(10)22-15(13)17-14(18)11-7-5-9-21-11/h11H,2-9H2,1H3,(H,17,18). The van der Waals surface area contributed by atoms with E-state index in [2.05, 4.69) is 5.32 Å². The molecule has 2 aliphatic rings. The summed E-state index contributed by atoms with van der Waals surface area (Å²) in [4.78, 5) is 25.7. The molecular weight excluding hydrogens is 302 g/mol. The van der Waals surface area contributed by atoms with Crippen molar-refractivity contribution in [2.45, 2.75) is 51.0 Å². The zero-order valence-corrected chi connectivity index (χ0v) is 13.6. The summed E-state index contributed by atoms with van der Waals surface area (Å²) in [7, 11) is 1.38. The van der Waals surface area contributed by atoms with Crippen LogP contribution in [0, 0.1) is 0 Å². The second kappa shape index (κ2) is 6.79. The van der Waals surface area contributed by atoms with Crippen LogP contribution in [0.15, 0.2) is 0 Å². The highest BCUT2D eigenvalue weighted by molar-refractivity contribution is 7.17. The molecule has 1 saturated heterocycles. The van der Waals surface area contributed by atoms with E-state index in [0.29, 0.717) is 17.2 Å². The Morgan fingerprint density at radius 2 is 2.05 bits per heavy atom. The fourth-order valence-electron chi connectivity index (χ4n) is 3.13. The molecule has 3 rings (SSSR count). The van der Waals surface area contributed by atoms with Gasteiger partial charge >= 0.3 is 5.97 Å². The van der Waals surface area contributed by atoms with Crippen molar-refractivity contribution in [3.05, 3.63) is 16.0 Å². The molecule has 1 N–H and O–H groups in total. The van der Waals surface area contributed by atoms with E-state index < -0.39 is 6.10 Å². The van der Waals surface area contributed by atoms with E-state index in [9.17, 15) is 9.59 Å². The van der Waals surface area contributed by atoms with Crippen LogP contribution in [0.1, 0.15) is 52.9 Å². The Hall–Kier alpha value is -1.40. The maximum absolute atomic E-state index is 12.3. The lowest BCUT2D eigenvalue weighted by Gasteiger charge is -2.11. The molecule has 1 unspecified atom stereocenters. The Labute approximate surface area is 134 Å². The number of amides is 1. The number of fused-ring (bicyclic) bond motifs is 1. The minimum Gasteiger partial charge on any atom is -0.465 e. The van der Waals surface area contributed by atoms with Crippen LogP contribution < -0.4 is 5.32 Å². The first-order chi connectivity index (χ1) is 10.7. The lowest BCUT2D eigenvalue weighted by Crippen LogP contribution is -2.27. The Balaban J connectivity index is 1.89. The molecule has 5 nitrogen and oxygen atoms in total. The molecule has 6 heteroatoms. The van der Waals surface area contributed by atoms with Crippen LogP contribution in [0.5, 0.6) is 0 Å². The summed E-state index contributed by atoms with van der Waals surface area (Å²) in [5.41, 5.74) is 1.62. The number of hydrogen-bond donors (Lipinski definition) is 1. The highest BCUT2D eigenvalue weighted by Gasteiger charge is 2.29. The van der Waals surface area contributed by atoms with Crippen molar-refractivity contribution in [1.82, 2.24) is 0 Å². The summed E-state index contributed by atoms with van der Waals surface area (Å²) in [6.45, 7) is 0.628. The summed E-state index contributed by atoms with van der Waals surface area (Å²) in [5, 5.41) is 3.52. The summed E-state index contributed by atoms with van der Waals surface area (Å²) >= 11 is 1.52. The number of ether oxygens (including phenoxy) is 2. The second-order valence-electron chi connectivity index (χ2n) is 5.75. The van der Waals surface area contributed by atoms with Gasteiger partial charge in [0, 0.05) is 11.5 Å². The average molecular weight is 323 g/mol. The third-order valence-corrected chi connectivity index (χ3v) is 5.48.